The van der Waals surface area contributed by atoms with Crippen LogP contribution in [0.5, 0.6) is 0 Å². The first-order chi connectivity index (χ1) is 13.5. The Morgan fingerprint density at radius 1 is 1.32 bits per heavy atom. The van der Waals surface area contributed by atoms with Crippen molar-refractivity contribution >= 4 is 28.4 Å². The summed E-state index contributed by atoms with van der Waals surface area (Å²) in [5.41, 5.74) is 1.82. The average molecular weight is 394 g/mol. The summed E-state index contributed by atoms with van der Waals surface area (Å²) in [6.07, 6.45) is 1.72. The van der Waals surface area contributed by atoms with E-state index in [0.717, 1.165) is 28.5 Å². The number of nitrogens with one attached hydrogen (secondary N) is 2. The largest absolute Gasteiger partial charge is 0.384 e. The van der Waals surface area contributed by atoms with Gasteiger partial charge in [0.1, 0.15) is 11.3 Å². The summed E-state index contributed by atoms with van der Waals surface area (Å²) in [5, 5.41) is 24.9. The summed E-state index contributed by atoms with van der Waals surface area (Å²) in [7, 11) is 0. The number of carbonyl (C=O) groups excluding carboxylic acids is 1. The molecule has 0 fully saturated rings. The number of aliphatic hydroxyl groups is 1. The smallest absolute Gasteiger partial charge is 0.267 e. The highest BCUT2D eigenvalue weighted by Gasteiger charge is 2.37. The van der Waals surface area contributed by atoms with Crippen LogP contribution in [0.4, 0.5) is 0 Å². The summed E-state index contributed by atoms with van der Waals surface area (Å²) in [4.78, 5) is 15.9. The number of nitriles is 1. The number of rotatable bonds is 3. The molecule has 0 saturated heterocycles. The van der Waals surface area contributed by atoms with E-state index >= 15 is 0 Å². The zero-order valence-corrected chi connectivity index (χ0v) is 16.0. The minimum Gasteiger partial charge on any atom is -0.384 e. The van der Waals surface area contributed by atoms with Gasteiger partial charge in [-0.3, -0.25) is 4.79 Å². The maximum absolute atomic E-state index is 12.8. The Bertz CT molecular complexity index is 1080. The number of amides is 1. The first kappa shape index (κ1) is 18.5. The summed E-state index contributed by atoms with van der Waals surface area (Å²) < 4.78 is 0. The molecule has 0 saturated carbocycles. The number of aromatic amines is 1. The van der Waals surface area contributed by atoms with Crippen LogP contribution in [-0.4, -0.2) is 22.0 Å². The van der Waals surface area contributed by atoms with Gasteiger partial charge in [0.15, 0.2) is 0 Å². The van der Waals surface area contributed by atoms with E-state index in [2.05, 4.69) is 16.4 Å². The standard InChI is InChI=1S/C22H20ClN3O2/c23-16-6-8-19-15(11-16)12-20(26-19)21(27)25-17-7-5-14-3-1-2-4-18(14)22(28,13-17)9-10-24/h1-4,6,8,11-12,17,26,28H,5,7,9,13H2,(H,25,27)/t17?,22-/m1/s1. The molecule has 6 heteroatoms. The molecule has 28 heavy (non-hydrogen) atoms. The third kappa shape index (κ3) is 3.49. The van der Waals surface area contributed by atoms with Crippen molar-refractivity contribution in [2.75, 3.05) is 0 Å². The van der Waals surface area contributed by atoms with Crippen LogP contribution >= 0.6 is 11.6 Å². The minimum absolute atomic E-state index is 0.0126. The van der Waals surface area contributed by atoms with Crippen LogP contribution in [0, 0.1) is 11.3 Å². The van der Waals surface area contributed by atoms with E-state index < -0.39 is 5.60 Å². The molecule has 0 radical (unpaired) electrons. The number of hydrogen-bond acceptors (Lipinski definition) is 3. The molecule has 0 aliphatic heterocycles. The summed E-state index contributed by atoms with van der Waals surface area (Å²) in [5.74, 6) is -0.234. The van der Waals surface area contributed by atoms with Gasteiger partial charge in [-0.15, -0.1) is 0 Å². The molecule has 3 aromatic rings. The maximum Gasteiger partial charge on any atom is 0.267 e. The maximum atomic E-state index is 12.8. The van der Waals surface area contributed by atoms with E-state index in [1.807, 2.05) is 30.3 Å². The van der Waals surface area contributed by atoms with Gasteiger partial charge in [-0.2, -0.15) is 5.26 Å². The monoisotopic (exact) mass is 393 g/mol. The van der Waals surface area contributed by atoms with Gasteiger partial charge in [-0.25, -0.2) is 0 Å². The van der Waals surface area contributed by atoms with Crippen LogP contribution < -0.4 is 5.32 Å². The Labute approximate surface area is 167 Å². The van der Waals surface area contributed by atoms with E-state index in [9.17, 15) is 15.2 Å². The number of halogens is 1. The summed E-state index contributed by atoms with van der Waals surface area (Å²) in [6.45, 7) is 0. The zero-order valence-electron chi connectivity index (χ0n) is 15.2. The molecule has 1 heterocycles. The Kier molecular flexibility index (Phi) is 4.84. The van der Waals surface area contributed by atoms with E-state index in [1.165, 1.54) is 0 Å². The molecule has 142 valence electrons. The van der Waals surface area contributed by atoms with Crippen molar-refractivity contribution in [2.45, 2.75) is 37.3 Å². The van der Waals surface area contributed by atoms with Gasteiger partial charge in [0.05, 0.1) is 12.5 Å². The summed E-state index contributed by atoms with van der Waals surface area (Å²) in [6, 6.07) is 16.7. The van der Waals surface area contributed by atoms with Crippen LogP contribution in [0.1, 0.15) is 40.9 Å². The molecule has 0 spiro atoms. The molecule has 4 rings (SSSR count). The number of carbonyl (C=O) groups is 1. The number of nitrogens with zero attached hydrogens (tertiary/aromatic N) is 1. The molecular weight excluding hydrogens is 374 g/mol. The lowest BCUT2D eigenvalue weighted by Gasteiger charge is -2.29. The molecule has 1 unspecified atom stereocenters. The number of aromatic nitrogens is 1. The van der Waals surface area contributed by atoms with Crippen LogP contribution in [0.3, 0.4) is 0 Å². The van der Waals surface area contributed by atoms with Crippen LogP contribution in [0.2, 0.25) is 5.02 Å². The third-order valence-electron chi connectivity index (χ3n) is 5.40. The van der Waals surface area contributed by atoms with Gasteiger partial charge in [0.2, 0.25) is 0 Å². The lowest BCUT2D eigenvalue weighted by atomic mass is 9.84. The van der Waals surface area contributed by atoms with Gasteiger partial charge in [0, 0.05) is 28.4 Å². The fraction of sp³-hybridized carbons (Fsp3) is 0.273. The molecule has 1 aliphatic carbocycles. The number of fused-ring (bicyclic) bond motifs is 2. The van der Waals surface area contributed by atoms with Gasteiger partial charge < -0.3 is 15.4 Å². The van der Waals surface area contributed by atoms with Crippen molar-refractivity contribution in [1.29, 1.82) is 5.26 Å². The van der Waals surface area contributed by atoms with Gasteiger partial charge in [-0.1, -0.05) is 35.9 Å². The molecule has 2 atom stereocenters. The fourth-order valence-corrected chi connectivity index (χ4v) is 4.23. The molecule has 1 amide bonds. The van der Waals surface area contributed by atoms with Crippen molar-refractivity contribution in [3.05, 3.63) is 70.4 Å². The Balaban J connectivity index is 1.57. The second-order valence-corrected chi connectivity index (χ2v) is 7.79. The fourth-order valence-electron chi connectivity index (χ4n) is 4.05. The lowest BCUT2D eigenvalue weighted by Crippen LogP contribution is -2.40. The Hall–Kier alpha value is -2.81. The summed E-state index contributed by atoms with van der Waals surface area (Å²) >= 11 is 6.02. The number of benzene rings is 2. The van der Waals surface area contributed by atoms with E-state index in [1.54, 1.807) is 18.2 Å². The third-order valence-corrected chi connectivity index (χ3v) is 5.63. The molecule has 1 aromatic heterocycles. The molecule has 0 bridgehead atoms. The second kappa shape index (κ2) is 7.31. The molecule has 5 nitrogen and oxygen atoms in total. The first-order valence-electron chi connectivity index (χ1n) is 9.25. The van der Waals surface area contributed by atoms with Crippen molar-refractivity contribution in [2.24, 2.45) is 0 Å². The van der Waals surface area contributed by atoms with Crippen LogP contribution in [0.15, 0.2) is 48.5 Å². The van der Waals surface area contributed by atoms with Crippen molar-refractivity contribution < 1.29 is 9.90 Å². The predicted octanol–water partition coefficient (Wildman–Crippen LogP) is 4.06. The van der Waals surface area contributed by atoms with Gasteiger partial charge >= 0.3 is 0 Å². The van der Waals surface area contributed by atoms with E-state index in [0.29, 0.717) is 23.6 Å². The average Bonchev–Trinajstić information content (AvgIpc) is 3.04. The molecule has 1 aliphatic rings. The number of H-pyrrole nitrogens is 1. The van der Waals surface area contributed by atoms with Crippen molar-refractivity contribution in [1.82, 2.24) is 10.3 Å². The van der Waals surface area contributed by atoms with Crippen molar-refractivity contribution in [3.63, 3.8) is 0 Å². The van der Waals surface area contributed by atoms with Crippen LogP contribution in [0.25, 0.3) is 10.9 Å². The highest BCUT2D eigenvalue weighted by Crippen LogP contribution is 2.36. The van der Waals surface area contributed by atoms with Crippen molar-refractivity contribution in [3.8, 4) is 6.07 Å². The Morgan fingerprint density at radius 3 is 2.96 bits per heavy atom. The predicted molar refractivity (Wildman–Crippen MR) is 108 cm³/mol. The highest BCUT2D eigenvalue weighted by atomic mass is 35.5. The first-order valence-corrected chi connectivity index (χ1v) is 9.63. The highest BCUT2D eigenvalue weighted by molar-refractivity contribution is 6.31. The number of aryl methyl sites for hydroxylation is 1. The quantitative estimate of drug-likeness (QED) is 0.586. The van der Waals surface area contributed by atoms with Gasteiger partial charge in [-0.05, 0) is 48.2 Å². The van der Waals surface area contributed by atoms with Crippen LogP contribution in [-0.2, 0) is 12.0 Å². The lowest BCUT2D eigenvalue weighted by molar-refractivity contribution is 0.0234. The zero-order chi connectivity index (χ0) is 19.7. The molecule has 2 aromatic carbocycles. The van der Waals surface area contributed by atoms with E-state index in [-0.39, 0.29) is 18.4 Å². The van der Waals surface area contributed by atoms with Gasteiger partial charge in [0.25, 0.3) is 5.91 Å². The minimum atomic E-state index is -1.27. The van der Waals surface area contributed by atoms with E-state index in [4.69, 9.17) is 11.6 Å². The second-order valence-electron chi connectivity index (χ2n) is 7.35. The Morgan fingerprint density at radius 2 is 2.14 bits per heavy atom. The normalized spacial score (nSPS) is 21.5. The molecular formula is C22H20ClN3O2. The SMILES string of the molecule is N#CC[C@@]1(O)CC(NC(=O)c2cc3cc(Cl)ccc3[nH]2)CCc2ccccc21. The topological polar surface area (TPSA) is 88.9 Å². The number of hydrogen-bond donors (Lipinski definition) is 3. The molecule has 3 N–H and O–H groups in total.